The Morgan fingerprint density at radius 2 is 1.84 bits per heavy atom. The number of carbonyl (C=O) groups excluding carboxylic acids is 2. The van der Waals surface area contributed by atoms with E-state index >= 15 is 0 Å². The number of unbranched alkanes of at least 4 members (excludes halogenated alkanes) is 1. The number of ketones is 1. The summed E-state index contributed by atoms with van der Waals surface area (Å²) in [5.74, 6) is 0.138. The number of ether oxygens (including phenoxy) is 2. The Kier molecular flexibility index (Phi) is 8.54. The first-order chi connectivity index (χ1) is 17.9. The molecule has 0 radical (unpaired) electrons. The summed E-state index contributed by atoms with van der Waals surface area (Å²) in [5, 5.41) is 11.4. The van der Waals surface area contributed by atoms with Crippen LogP contribution in [0.3, 0.4) is 0 Å². The third kappa shape index (κ3) is 5.67. The van der Waals surface area contributed by atoms with Gasteiger partial charge in [0.1, 0.15) is 23.4 Å². The number of aliphatic hydroxyl groups is 1. The summed E-state index contributed by atoms with van der Waals surface area (Å²) in [4.78, 5) is 30.4. The Labute approximate surface area is 219 Å². The molecule has 7 heteroatoms. The molecule has 7 nitrogen and oxygen atoms in total. The van der Waals surface area contributed by atoms with Crippen LogP contribution in [0.2, 0.25) is 0 Å². The monoisotopic (exact) mass is 506 g/mol. The minimum absolute atomic E-state index is 0.0658. The molecular weight excluding hydrogens is 468 g/mol. The van der Waals surface area contributed by atoms with Crippen LogP contribution in [0.25, 0.3) is 5.76 Å². The molecule has 1 saturated heterocycles. The Morgan fingerprint density at radius 1 is 1.11 bits per heavy atom. The van der Waals surface area contributed by atoms with Gasteiger partial charge in [0.2, 0.25) is 0 Å². The number of likely N-dealkylation sites (N-methyl/N-ethyl adjacent to an activating group) is 1. The van der Waals surface area contributed by atoms with Gasteiger partial charge in [0, 0.05) is 25.1 Å². The number of fused-ring (bicyclic) bond motifs is 1. The number of hydrogen-bond donors (Lipinski definition) is 1. The van der Waals surface area contributed by atoms with Gasteiger partial charge < -0.3 is 24.4 Å². The summed E-state index contributed by atoms with van der Waals surface area (Å²) in [6.45, 7) is 11.6. The van der Waals surface area contributed by atoms with Crippen molar-refractivity contribution in [3.8, 4) is 11.5 Å². The number of rotatable bonds is 11. The molecule has 2 aliphatic rings. The number of likely N-dealkylation sites (tertiary alicyclic amines) is 1. The Bertz CT molecular complexity index is 1150. The average Bonchev–Trinajstić information content (AvgIpc) is 3.40. The van der Waals surface area contributed by atoms with Gasteiger partial charge in [0.25, 0.3) is 11.7 Å². The maximum atomic E-state index is 13.4. The predicted molar refractivity (Wildman–Crippen MR) is 144 cm³/mol. The van der Waals surface area contributed by atoms with Crippen molar-refractivity contribution in [2.75, 3.05) is 32.8 Å². The van der Waals surface area contributed by atoms with Crippen LogP contribution >= 0.6 is 0 Å². The van der Waals surface area contributed by atoms with E-state index in [4.69, 9.17) is 9.47 Å². The van der Waals surface area contributed by atoms with Gasteiger partial charge in [-0.05, 0) is 67.9 Å². The van der Waals surface area contributed by atoms with E-state index in [0.717, 1.165) is 55.0 Å². The standard InChI is InChI=1S/C30H38N2O5/c1-5-8-17-36-24-12-9-21(10-13-24)27-26(29(34)30(35)32(27)16-15-31(6-2)7-3)28(33)22-11-14-25-23(19-22)18-20(4)37-25/h9-14,19-20,27,33H,5-8,15-18H2,1-4H3/t20-,27-/m0/s1. The van der Waals surface area contributed by atoms with Crippen molar-refractivity contribution in [2.24, 2.45) is 0 Å². The third-order valence-electron chi connectivity index (χ3n) is 7.22. The van der Waals surface area contributed by atoms with Crippen molar-refractivity contribution in [3.05, 3.63) is 64.7 Å². The molecule has 0 spiro atoms. The Hall–Kier alpha value is -3.32. The fraction of sp³-hybridized carbons (Fsp3) is 0.467. The van der Waals surface area contributed by atoms with Crippen molar-refractivity contribution in [1.29, 1.82) is 0 Å². The Balaban J connectivity index is 1.72. The number of amides is 1. The second-order valence-electron chi connectivity index (χ2n) is 9.75. The van der Waals surface area contributed by atoms with Gasteiger partial charge in [-0.15, -0.1) is 0 Å². The fourth-order valence-electron chi connectivity index (χ4n) is 5.05. The van der Waals surface area contributed by atoms with Gasteiger partial charge in [-0.2, -0.15) is 0 Å². The molecule has 1 amide bonds. The second kappa shape index (κ2) is 11.8. The van der Waals surface area contributed by atoms with Crippen LogP contribution in [-0.2, 0) is 16.0 Å². The molecule has 2 atom stereocenters. The third-order valence-corrected chi connectivity index (χ3v) is 7.22. The zero-order valence-corrected chi connectivity index (χ0v) is 22.3. The largest absolute Gasteiger partial charge is 0.507 e. The molecule has 2 heterocycles. The molecule has 37 heavy (non-hydrogen) atoms. The Morgan fingerprint density at radius 3 is 2.51 bits per heavy atom. The van der Waals surface area contributed by atoms with Crippen molar-refractivity contribution in [1.82, 2.24) is 9.80 Å². The van der Waals surface area contributed by atoms with Crippen LogP contribution in [0, 0.1) is 0 Å². The second-order valence-corrected chi connectivity index (χ2v) is 9.75. The van der Waals surface area contributed by atoms with Crippen LogP contribution < -0.4 is 9.47 Å². The lowest BCUT2D eigenvalue weighted by atomic mass is 9.94. The average molecular weight is 507 g/mol. The van der Waals surface area contributed by atoms with Crippen LogP contribution in [-0.4, -0.2) is 65.5 Å². The smallest absolute Gasteiger partial charge is 0.295 e. The van der Waals surface area contributed by atoms with Crippen molar-refractivity contribution >= 4 is 17.4 Å². The van der Waals surface area contributed by atoms with Crippen LogP contribution in [0.15, 0.2) is 48.0 Å². The molecule has 2 aliphatic heterocycles. The number of nitrogens with zero attached hydrogens (tertiary/aromatic N) is 2. The topological polar surface area (TPSA) is 79.3 Å². The van der Waals surface area contributed by atoms with Gasteiger partial charge in [0.05, 0.1) is 18.2 Å². The quantitative estimate of drug-likeness (QED) is 0.201. The normalized spacial score (nSPS) is 20.4. The molecule has 198 valence electrons. The van der Waals surface area contributed by atoms with E-state index in [1.54, 1.807) is 11.0 Å². The highest BCUT2D eigenvalue weighted by Gasteiger charge is 2.46. The SMILES string of the molecule is CCCCOc1ccc([C@H]2C(=C(O)c3ccc4c(c3)C[C@H](C)O4)C(=O)C(=O)N2CCN(CC)CC)cc1. The summed E-state index contributed by atoms with van der Waals surface area (Å²) >= 11 is 0. The zero-order valence-electron chi connectivity index (χ0n) is 22.3. The van der Waals surface area contributed by atoms with Gasteiger partial charge in [0.15, 0.2) is 0 Å². The highest BCUT2D eigenvalue weighted by atomic mass is 16.5. The minimum atomic E-state index is -0.677. The van der Waals surface area contributed by atoms with Gasteiger partial charge >= 0.3 is 0 Å². The highest BCUT2D eigenvalue weighted by Crippen LogP contribution is 2.41. The van der Waals surface area contributed by atoms with Crippen LogP contribution in [0.1, 0.15) is 63.3 Å². The van der Waals surface area contributed by atoms with Gasteiger partial charge in [-0.25, -0.2) is 0 Å². The van der Waals surface area contributed by atoms with E-state index in [9.17, 15) is 14.7 Å². The van der Waals surface area contributed by atoms with E-state index in [0.29, 0.717) is 25.3 Å². The molecule has 0 bridgehead atoms. The number of Topliss-reactive ketones (excluding diaryl/α,β-unsaturated/α-hetero) is 1. The first-order valence-corrected chi connectivity index (χ1v) is 13.4. The molecular formula is C30H38N2O5. The predicted octanol–water partition coefficient (Wildman–Crippen LogP) is 4.95. The summed E-state index contributed by atoms with van der Waals surface area (Å²) in [5.41, 5.74) is 2.39. The number of benzene rings is 2. The summed E-state index contributed by atoms with van der Waals surface area (Å²) < 4.78 is 11.6. The van der Waals surface area contributed by atoms with Crippen LogP contribution in [0.5, 0.6) is 11.5 Å². The first kappa shape index (κ1) is 26.7. The van der Waals surface area contributed by atoms with Gasteiger partial charge in [-0.3, -0.25) is 9.59 Å². The van der Waals surface area contributed by atoms with Crippen molar-refractivity contribution in [2.45, 2.75) is 59.1 Å². The molecule has 2 aromatic rings. The van der Waals surface area contributed by atoms with E-state index in [-0.39, 0.29) is 17.4 Å². The van der Waals surface area contributed by atoms with E-state index < -0.39 is 17.7 Å². The lowest BCUT2D eigenvalue weighted by Gasteiger charge is -2.28. The number of hydrogen-bond acceptors (Lipinski definition) is 6. The molecule has 1 fully saturated rings. The lowest BCUT2D eigenvalue weighted by Crippen LogP contribution is -2.38. The molecule has 0 aliphatic carbocycles. The summed E-state index contributed by atoms with van der Waals surface area (Å²) in [6.07, 6.45) is 2.82. The zero-order chi connectivity index (χ0) is 26.5. The van der Waals surface area contributed by atoms with Crippen molar-refractivity contribution in [3.63, 3.8) is 0 Å². The van der Waals surface area contributed by atoms with E-state index in [1.807, 2.05) is 43.3 Å². The van der Waals surface area contributed by atoms with E-state index in [2.05, 4.69) is 25.7 Å². The lowest BCUT2D eigenvalue weighted by molar-refractivity contribution is -0.140. The molecule has 0 saturated carbocycles. The highest BCUT2D eigenvalue weighted by molar-refractivity contribution is 6.46. The van der Waals surface area contributed by atoms with Crippen molar-refractivity contribution < 1.29 is 24.2 Å². The maximum absolute atomic E-state index is 13.4. The fourth-order valence-corrected chi connectivity index (χ4v) is 5.05. The molecule has 2 aromatic carbocycles. The van der Waals surface area contributed by atoms with Crippen LogP contribution in [0.4, 0.5) is 0 Å². The number of aliphatic hydroxyl groups excluding tert-OH is 1. The maximum Gasteiger partial charge on any atom is 0.295 e. The number of carbonyl (C=O) groups is 2. The minimum Gasteiger partial charge on any atom is -0.507 e. The first-order valence-electron chi connectivity index (χ1n) is 13.4. The molecule has 0 aromatic heterocycles. The molecule has 0 unspecified atom stereocenters. The molecule has 4 rings (SSSR count). The molecule has 1 N–H and O–H groups in total. The van der Waals surface area contributed by atoms with E-state index in [1.165, 1.54) is 0 Å². The summed E-state index contributed by atoms with van der Waals surface area (Å²) in [6, 6.07) is 12.2. The summed E-state index contributed by atoms with van der Waals surface area (Å²) in [7, 11) is 0. The van der Waals surface area contributed by atoms with Gasteiger partial charge in [-0.1, -0.05) is 39.3 Å².